The van der Waals surface area contributed by atoms with Gasteiger partial charge >= 0.3 is 0 Å². The molecule has 4 nitrogen and oxygen atoms in total. The Morgan fingerprint density at radius 2 is 0.543 bits per heavy atom. The van der Waals surface area contributed by atoms with Gasteiger partial charge in [-0.1, -0.05) is 36.4 Å². The fourth-order valence-electron chi connectivity index (χ4n) is 4.95. The molecule has 0 atom stereocenters. The first-order valence-corrected chi connectivity index (χ1v) is 19.3. The highest BCUT2D eigenvalue weighted by Gasteiger charge is 2.20. The number of benzene rings is 4. The van der Waals surface area contributed by atoms with E-state index < -0.39 is 0 Å². The van der Waals surface area contributed by atoms with Gasteiger partial charge in [0.25, 0.3) is 0 Å². The van der Waals surface area contributed by atoms with Gasteiger partial charge in [0.05, 0.1) is 13.2 Å². The molecule has 0 aliphatic heterocycles. The second-order valence-electron chi connectivity index (χ2n) is 11.8. The van der Waals surface area contributed by atoms with Crippen LogP contribution in [0.2, 0.25) is 0 Å². The largest absolute Gasteiger partial charge is 0.406 e. The molecule has 0 saturated carbocycles. The SMILES string of the molecule is C#CC#CC#CC#CC#CC#CC#CC#CC#CC#CC#COc1ccc2cc(CO)ccc2c1-c1c(OC#CC#CC#CC#CC#CC#CC#CC#CC#CC#CC#C)ccc2cc(CO)ccc12. The molecule has 0 heterocycles. The molecular formula is C66H18O4. The lowest BCUT2D eigenvalue weighted by molar-refractivity contribution is 0.282. The summed E-state index contributed by atoms with van der Waals surface area (Å²) in [7, 11) is 0. The van der Waals surface area contributed by atoms with Crippen molar-refractivity contribution in [2.45, 2.75) is 13.2 Å². The maximum absolute atomic E-state index is 9.90. The van der Waals surface area contributed by atoms with E-state index in [1.165, 1.54) is 0 Å². The van der Waals surface area contributed by atoms with E-state index in [0.29, 0.717) is 33.8 Å². The minimum atomic E-state index is -0.151. The summed E-state index contributed by atoms with van der Waals surface area (Å²) < 4.78 is 12.0. The molecule has 70 heavy (non-hydrogen) atoms. The zero-order valence-corrected chi connectivity index (χ0v) is 36.1. The third-order valence-electron chi connectivity index (χ3n) is 7.53. The van der Waals surface area contributed by atoms with Crippen LogP contribution in [0, 0.1) is 262 Å². The Bertz CT molecular complexity index is 4010. The van der Waals surface area contributed by atoms with Gasteiger partial charge in [0.1, 0.15) is 23.7 Å². The van der Waals surface area contributed by atoms with Gasteiger partial charge < -0.3 is 19.7 Å². The van der Waals surface area contributed by atoms with Crippen molar-refractivity contribution in [1.82, 2.24) is 0 Å². The van der Waals surface area contributed by atoms with Gasteiger partial charge in [-0.2, -0.15) is 0 Å². The number of rotatable bonds is 5. The van der Waals surface area contributed by atoms with Crippen LogP contribution in [0.5, 0.6) is 11.5 Å². The summed E-state index contributed by atoms with van der Waals surface area (Å²) in [6, 6.07) is 18.3. The lowest BCUT2D eigenvalue weighted by Gasteiger charge is -2.17. The molecule has 0 spiro atoms. The minimum Gasteiger partial charge on any atom is -0.406 e. The van der Waals surface area contributed by atoms with E-state index in [4.69, 9.17) is 22.3 Å². The standard InChI is InChI=1S/C66H18O4/c1-3-5-7-9-11-13-15-17-19-21-23-25-27-29-31-33-35-37-39-41-51-69-63-49-45-59-53-57(55-67)43-47-61(59)65(63)66-62-48-44-58(56-68)54-60(62)46-50-64(66)70-52-42-40-38-36-34-32-30-28-26-24-22-20-18-16-14-12-10-8-6-4-2/h1-2,43-50,53-54,67-68H,55-56H2. The lowest BCUT2D eigenvalue weighted by Crippen LogP contribution is -1.96. The molecule has 4 rings (SSSR count). The predicted molar refractivity (Wildman–Crippen MR) is 273 cm³/mol. The van der Waals surface area contributed by atoms with Crippen molar-refractivity contribution in [2.24, 2.45) is 0 Å². The summed E-state index contributed by atoms with van der Waals surface area (Å²) in [4.78, 5) is 0. The number of hydrogen-bond acceptors (Lipinski definition) is 4. The fraction of sp³-hybridized carbons (Fsp3) is 0.0303. The maximum Gasteiger partial charge on any atom is 0.148 e. The van der Waals surface area contributed by atoms with Crippen molar-refractivity contribution in [2.75, 3.05) is 0 Å². The van der Waals surface area contributed by atoms with Crippen LogP contribution in [0.25, 0.3) is 32.7 Å². The van der Waals surface area contributed by atoms with Crippen LogP contribution in [-0.4, -0.2) is 10.2 Å². The van der Waals surface area contributed by atoms with Gasteiger partial charge in [-0.3, -0.25) is 0 Å². The Balaban J connectivity index is 1.55. The van der Waals surface area contributed by atoms with E-state index in [9.17, 15) is 10.2 Å². The van der Waals surface area contributed by atoms with Crippen molar-refractivity contribution in [1.29, 1.82) is 0 Å². The zero-order valence-electron chi connectivity index (χ0n) is 36.1. The van der Waals surface area contributed by atoms with Crippen molar-refractivity contribution >= 4 is 21.5 Å². The quantitative estimate of drug-likeness (QED) is 0.287. The number of hydrogen-bond donors (Lipinski definition) is 2. The van der Waals surface area contributed by atoms with E-state index in [0.717, 1.165) is 21.5 Å². The van der Waals surface area contributed by atoms with Crippen LogP contribution in [0.15, 0.2) is 60.7 Å². The topological polar surface area (TPSA) is 58.9 Å². The van der Waals surface area contributed by atoms with Gasteiger partial charge in [0, 0.05) is 153 Å². The van der Waals surface area contributed by atoms with Crippen LogP contribution in [0.1, 0.15) is 11.1 Å². The molecule has 0 aromatic heterocycles. The second-order valence-corrected chi connectivity index (χ2v) is 11.8. The van der Waals surface area contributed by atoms with Gasteiger partial charge in [-0.15, -0.1) is 12.8 Å². The molecule has 0 bridgehead atoms. The van der Waals surface area contributed by atoms with E-state index in [1.54, 1.807) is 12.1 Å². The number of aliphatic hydroxyl groups is 2. The second kappa shape index (κ2) is 32.0. The molecule has 0 aliphatic carbocycles. The molecule has 0 saturated heterocycles. The van der Waals surface area contributed by atoms with Gasteiger partial charge in [-0.05, 0) is 152 Å². The Labute approximate surface area is 408 Å². The van der Waals surface area contributed by atoms with Gasteiger partial charge in [0.15, 0.2) is 0 Å². The molecule has 4 heteroatoms. The Kier molecular flexibility index (Phi) is 22.8. The van der Waals surface area contributed by atoms with E-state index in [-0.39, 0.29) is 13.2 Å². The predicted octanol–water partition coefficient (Wildman–Crippen LogP) is 4.65. The highest BCUT2D eigenvalue weighted by Crippen LogP contribution is 2.45. The first kappa shape index (κ1) is 49.9. The van der Waals surface area contributed by atoms with Crippen LogP contribution >= 0.6 is 0 Å². The third-order valence-corrected chi connectivity index (χ3v) is 7.53. The summed E-state index contributed by atoms with van der Waals surface area (Å²) in [6.07, 6.45) is 15.2. The van der Waals surface area contributed by atoms with E-state index >= 15 is 0 Å². The van der Waals surface area contributed by atoms with Gasteiger partial charge in [-0.25, -0.2) is 0 Å². The lowest BCUT2D eigenvalue weighted by atomic mass is 9.91. The van der Waals surface area contributed by atoms with Crippen LogP contribution in [-0.2, 0) is 13.2 Å². The third kappa shape index (κ3) is 18.7. The first-order chi connectivity index (χ1) is 34.7. The van der Waals surface area contributed by atoms with Crippen LogP contribution in [0.3, 0.4) is 0 Å². The molecule has 0 radical (unpaired) electrons. The average molecular weight is 875 g/mol. The molecule has 2 N–H and O–H groups in total. The maximum atomic E-state index is 9.90. The summed E-state index contributed by atoms with van der Waals surface area (Å²) >= 11 is 0. The van der Waals surface area contributed by atoms with Crippen LogP contribution < -0.4 is 9.47 Å². The zero-order chi connectivity index (χ0) is 49.4. The number of ether oxygens (including phenoxy) is 2. The van der Waals surface area contributed by atoms with E-state index in [1.807, 2.05) is 48.5 Å². The van der Waals surface area contributed by atoms with Crippen LogP contribution in [0.4, 0.5) is 0 Å². The highest BCUT2D eigenvalue weighted by molar-refractivity contribution is 6.10. The molecular weight excluding hydrogens is 857 g/mol. The molecule has 0 unspecified atom stereocenters. The molecule has 4 aromatic rings. The molecule has 0 aliphatic rings. The smallest absolute Gasteiger partial charge is 0.148 e. The number of aliphatic hydroxyl groups excluding tert-OH is 2. The summed E-state index contributed by atoms with van der Waals surface area (Å²) in [5.74, 6) is 101. The Morgan fingerprint density at radius 3 is 0.786 bits per heavy atom. The summed E-state index contributed by atoms with van der Waals surface area (Å²) in [5, 5.41) is 23.0. The summed E-state index contributed by atoms with van der Waals surface area (Å²) in [6.45, 7) is -0.303. The summed E-state index contributed by atoms with van der Waals surface area (Å²) in [5.41, 5.74) is 2.67. The fourth-order valence-corrected chi connectivity index (χ4v) is 4.95. The molecule has 4 aromatic carbocycles. The molecule has 0 amide bonds. The number of terminal acetylenes is 2. The molecule has 0 fully saturated rings. The Morgan fingerprint density at radius 1 is 0.300 bits per heavy atom. The normalized spacial score (nSPS) is 6.80. The Hall–Kier alpha value is -12.8. The van der Waals surface area contributed by atoms with E-state index in [2.05, 4.69) is 249 Å². The van der Waals surface area contributed by atoms with Gasteiger partial charge in [0.2, 0.25) is 0 Å². The molecule has 306 valence electrons. The van der Waals surface area contributed by atoms with Crippen molar-refractivity contribution in [3.05, 3.63) is 71.8 Å². The number of fused-ring (bicyclic) bond motifs is 2. The highest BCUT2D eigenvalue weighted by atomic mass is 16.5. The monoisotopic (exact) mass is 874 g/mol. The average Bonchev–Trinajstić information content (AvgIpc) is 3.39. The minimum absolute atomic E-state index is 0.151. The van der Waals surface area contributed by atoms with Crippen molar-refractivity contribution < 1.29 is 19.7 Å². The first-order valence-electron chi connectivity index (χ1n) is 19.3. The van der Waals surface area contributed by atoms with Crippen molar-refractivity contribution in [3.63, 3.8) is 0 Å². The van der Waals surface area contributed by atoms with Crippen molar-refractivity contribution in [3.8, 4) is 285 Å².